The van der Waals surface area contributed by atoms with Crippen molar-refractivity contribution in [3.8, 4) is 0 Å². The SMILES string of the molecule is C=C(N)C1CCC2(C)CCC3C(=CC(=C)C4C35CCC3C(C)(C)CCCC345)C2C1. The maximum Gasteiger partial charge on any atom is 0.00392 e. The molecule has 1 nitrogen and oxygen atoms in total. The Morgan fingerprint density at radius 2 is 1.72 bits per heavy atom. The van der Waals surface area contributed by atoms with Crippen LogP contribution in [0.4, 0.5) is 0 Å². The second-order valence-electron chi connectivity index (χ2n) is 13.0. The zero-order valence-corrected chi connectivity index (χ0v) is 19.0. The van der Waals surface area contributed by atoms with E-state index in [1.165, 1.54) is 69.8 Å². The smallest absolute Gasteiger partial charge is 0.00392 e. The van der Waals surface area contributed by atoms with Crippen LogP contribution < -0.4 is 5.73 Å². The molecule has 0 aromatic carbocycles. The van der Waals surface area contributed by atoms with Gasteiger partial charge in [-0.3, -0.25) is 0 Å². The lowest BCUT2D eigenvalue weighted by atomic mass is 9.50. The Morgan fingerprint density at radius 3 is 2.48 bits per heavy atom. The van der Waals surface area contributed by atoms with Crippen molar-refractivity contribution in [1.29, 1.82) is 0 Å². The van der Waals surface area contributed by atoms with Crippen LogP contribution in [0.15, 0.2) is 36.1 Å². The summed E-state index contributed by atoms with van der Waals surface area (Å²) in [5.74, 6) is 3.79. The standard InChI is InChI=1S/C28H41N/c1-17-15-20-21(8-13-26(5)12-7-19(18(2)29)16-22(20)26)27-14-9-23-25(3,4)10-6-11-28(23,27)24(17)27/h15,19,21-24H,1-2,6-14,16,29H2,3-5H3. The molecule has 2 spiro atoms. The molecule has 1 heteroatoms. The topological polar surface area (TPSA) is 26.0 Å². The van der Waals surface area contributed by atoms with E-state index in [4.69, 9.17) is 12.3 Å². The number of allylic oxidation sites excluding steroid dienone is 4. The molecule has 8 unspecified atom stereocenters. The Morgan fingerprint density at radius 1 is 0.966 bits per heavy atom. The molecular weight excluding hydrogens is 350 g/mol. The summed E-state index contributed by atoms with van der Waals surface area (Å²) in [4.78, 5) is 0. The number of rotatable bonds is 1. The van der Waals surface area contributed by atoms with E-state index in [0.717, 1.165) is 23.5 Å². The largest absolute Gasteiger partial charge is 0.402 e. The third-order valence-electron chi connectivity index (χ3n) is 11.7. The first-order valence-corrected chi connectivity index (χ1v) is 12.5. The van der Waals surface area contributed by atoms with Crippen molar-refractivity contribution in [2.24, 2.45) is 57.0 Å². The first-order chi connectivity index (χ1) is 13.7. The van der Waals surface area contributed by atoms with Crippen LogP contribution in [0.3, 0.4) is 0 Å². The maximum absolute atomic E-state index is 6.23. The number of hydrogen-bond acceptors (Lipinski definition) is 1. The van der Waals surface area contributed by atoms with Gasteiger partial charge < -0.3 is 5.73 Å². The highest BCUT2D eigenvalue weighted by Gasteiger charge is 2.86. The van der Waals surface area contributed by atoms with Crippen LogP contribution >= 0.6 is 0 Å². The fraction of sp³-hybridized carbons (Fsp3) is 0.786. The zero-order chi connectivity index (χ0) is 20.4. The molecule has 0 heterocycles. The first-order valence-electron chi connectivity index (χ1n) is 12.5. The highest BCUT2D eigenvalue weighted by molar-refractivity contribution is 5.51. The molecule has 0 aromatic heterocycles. The van der Waals surface area contributed by atoms with Crippen LogP contribution in [0.5, 0.6) is 0 Å². The molecule has 6 aliphatic rings. The quantitative estimate of drug-likeness (QED) is 0.511. The van der Waals surface area contributed by atoms with Crippen LogP contribution in [0.2, 0.25) is 0 Å². The van der Waals surface area contributed by atoms with Crippen LogP contribution in [-0.2, 0) is 0 Å². The van der Waals surface area contributed by atoms with E-state index in [1.807, 2.05) is 5.57 Å². The molecule has 6 aliphatic carbocycles. The van der Waals surface area contributed by atoms with E-state index in [1.54, 1.807) is 0 Å². The van der Waals surface area contributed by atoms with Gasteiger partial charge in [-0.05, 0) is 109 Å². The zero-order valence-electron chi connectivity index (χ0n) is 19.0. The molecular formula is C28H41N. The van der Waals surface area contributed by atoms with Crippen molar-refractivity contribution in [3.05, 3.63) is 36.1 Å². The third kappa shape index (κ3) is 2.00. The van der Waals surface area contributed by atoms with Crippen molar-refractivity contribution in [3.63, 3.8) is 0 Å². The predicted molar refractivity (Wildman–Crippen MR) is 121 cm³/mol. The van der Waals surface area contributed by atoms with Gasteiger partial charge in [0.1, 0.15) is 0 Å². The molecule has 29 heavy (non-hydrogen) atoms. The van der Waals surface area contributed by atoms with Crippen molar-refractivity contribution in [2.45, 2.75) is 85.0 Å². The molecule has 6 rings (SSSR count). The Hall–Kier alpha value is -0.980. The summed E-state index contributed by atoms with van der Waals surface area (Å²) >= 11 is 0. The number of hydrogen-bond donors (Lipinski definition) is 1. The van der Waals surface area contributed by atoms with Gasteiger partial charge >= 0.3 is 0 Å². The minimum Gasteiger partial charge on any atom is -0.402 e. The Balaban J connectivity index is 1.42. The van der Waals surface area contributed by atoms with Gasteiger partial charge in [0, 0.05) is 5.70 Å². The van der Waals surface area contributed by atoms with Gasteiger partial charge in [0.25, 0.3) is 0 Å². The van der Waals surface area contributed by atoms with E-state index in [-0.39, 0.29) is 0 Å². The molecule has 0 saturated heterocycles. The van der Waals surface area contributed by atoms with Gasteiger partial charge in [0.2, 0.25) is 0 Å². The summed E-state index contributed by atoms with van der Waals surface area (Å²) in [6.07, 6.45) is 16.6. The molecule has 2 N–H and O–H groups in total. The highest BCUT2D eigenvalue weighted by Crippen LogP contribution is 2.91. The lowest BCUT2D eigenvalue weighted by Crippen LogP contribution is -2.45. The van der Waals surface area contributed by atoms with Gasteiger partial charge in [-0.15, -0.1) is 0 Å². The Bertz CT molecular complexity index is 831. The minimum absolute atomic E-state index is 0.476. The Kier molecular flexibility index (Phi) is 3.52. The van der Waals surface area contributed by atoms with Crippen LogP contribution in [0, 0.1) is 51.2 Å². The van der Waals surface area contributed by atoms with Gasteiger partial charge in [-0.1, -0.05) is 57.6 Å². The number of fused-ring (bicyclic) bond motifs is 3. The third-order valence-corrected chi connectivity index (χ3v) is 11.7. The normalized spacial score (nSPS) is 54.2. The Labute approximate surface area is 178 Å². The van der Waals surface area contributed by atoms with Gasteiger partial charge in [-0.25, -0.2) is 0 Å². The highest BCUT2D eigenvalue weighted by atomic mass is 14.9. The molecule has 0 bridgehead atoms. The summed E-state index contributed by atoms with van der Waals surface area (Å²) in [6.45, 7) is 16.6. The molecule has 5 saturated carbocycles. The van der Waals surface area contributed by atoms with Crippen molar-refractivity contribution < 1.29 is 0 Å². The van der Waals surface area contributed by atoms with Crippen molar-refractivity contribution in [1.82, 2.24) is 0 Å². The molecule has 158 valence electrons. The van der Waals surface area contributed by atoms with Crippen LogP contribution in [-0.4, -0.2) is 0 Å². The van der Waals surface area contributed by atoms with Gasteiger partial charge in [-0.2, -0.15) is 0 Å². The van der Waals surface area contributed by atoms with E-state index in [0.29, 0.717) is 33.5 Å². The predicted octanol–water partition coefficient (Wildman–Crippen LogP) is 7.01. The number of nitrogens with two attached hydrogens (primary N) is 1. The molecule has 0 amide bonds. The molecule has 8 atom stereocenters. The maximum atomic E-state index is 6.23. The summed E-state index contributed by atoms with van der Waals surface area (Å²) < 4.78 is 0. The summed E-state index contributed by atoms with van der Waals surface area (Å²) in [5.41, 5.74) is 12.6. The van der Waals surface area contributed by atoms with Crippen LogP contribution in [0.1, 0.15) is 85.0 Å². The summed E-state index contributed by atoms with van der Waals surface area (Å²) in [6, 6.07) is 0. The lowest BCUT2D eigenvalue weighted by Gasteiger charge is -2.54. The molecule has 0 aliphatic heterocycles. The molecule has 0 radical (unpaired) electrons. The van der Waals surface area contributed by atoms with E-state index in [9.17, 15) is 0 Å². The summed E-state index contributed by atoms with van der Waals surface area (Å²) in [7, 11) is 0. The van der Waals surface area contributed by atoms with E-state index >= 15 is 0 Å². The second-order valence-corrected chi connectivity index (χ2v) is 13.0. The van der Waals surface area contributed by atoms with E-state index in [2.05, 4.69) is 33.4 Å². The lowest BCUT2D eigenvalue weighted by molar-refractivity contribution is 0.0287. The minimum atomic E-state index is 0.476. The van der Waals surface area contributed by atoms with Crippen molar-refractivity contribution in [2.75, 3.05) is 0 Å². The molecule has 0 aromatic rings. The van der Waals surface area contributed by atoms with E-state index < -0.39 is 0 Å². The average Bonchev–Trinajstić information content (AvgIpc) is 3.07. The van der Waals surface area contributed by atoms with Crippen LogP contribution in [0.25, 0.3) is 0 Å². The second kappa shape index (κ2) is 5.43. The summed E-state index contributed by atoms with van der Waals surface area (Å²) in [5, 5.41) is 0. The fourth-order valence-corrected chi connectivity index (χ4v) is 10.7. The monoisotopic (exact) mass is 391 g/mol. The fourth-order valence-electron chi connectivity index (χ4n) is 10.7. The molecule has 5 fully saturated rings. The van der Waals surface area contributed by atoms with Crippen molar-refractivity contribution >= 4 is 0 Å². The van der Waals surface area contributed by atoms with Gasteiger partial charge in [0.15, 0.2) is 0 Å². The average molecular weight is 392 g/mol. The first kappa shape index (κ1) is 18.8. The van der Waals surface area contributed by atoms with Gasteiger partial charge in [0.05, 0.1) is 0 Å².